The van der Waals surface area contributed by atoms with Gasteiger partial charge in [-0.3, -0.25) is 9.78 Å². The molecule has 1 aliphatic heterocycles. The monoisotopic (exact) mass is 477 g/mol. The Bertz CT molecular complexity index is 1480. The summed E-state index contributed by atoms with van der Waals surface area (Å²) in [6, 6.07) is 3.39. The van der Waals surface area contributed by atoms with Crippen LogP contribution in [0.25, 0.3) is 16.9 Å². The summed E-state index contributed by atoms with van der Waals surface area (Å²) in [5.74, 6) is -3.70. The fourth-order valence-corrected chi connectivity index (χ4v) is 3.70. The normalized spacial score (nSPS) is 17.6. The fraction of sp³-hybridized carbons (Fsp3) is 0.250. The third kappa shape index (κ3) is 3.86. The Hall–Kier alpha value is -4.23. The molecule has 0 saturated carbocycles. The maximum absolute atomic E-state index is 14.9. The summed E-state index contributed by atoms with van der Waals surface area (Å²) >= 11 is 0. The Labute approximate surface area is 186 Å². The molecule has 2 N–H and O–H groups in total. The molecular formula is C20H15F4N7O3. The molecule has 1 unspecified atom stereocenters. The Kier molecular flexibility index (Phi) is 5.06. The first-order valence-corrected chi connectivity index (χ1v) is 9.91. The molecule has 176 valence electrons. The number of hydrogen-bond donors (Lipinski definition) is 2. The number of nitrogens with one attached hydrogen (secondary N) is 2. The molecule has 5 rings (SSSR count). The maximum Gasteiger partial charge on any atom is 0.325 e. The lowest BCUT2D eigenvalue weighted by Crippen LogP contribution is -2.36. The first-order chi connectivity index (χ1) is 16.2. The number of aromatic nitrogens is 6. The van der Waals surface area contributed by atoms with Gasteiger partial charge in [0.05, 0.1) is 24.3 Å². The molecule has 34 heavy (non-hydrogen) atoms. The van der Waals surface area contributed by atoms with Gasteiger partial charge in [-0.15, -0.1) is 0 Å². The number of rotatable bonds is 5. The van der Waals surface area contributed by atoms with Crippen molar-refractivity contribution in [2.24, 2.45) is 0 Å². The van der Waals surface area contributed by atoms with Crippen molar-refractivity contribution >= 4 is 11.3 Å². The Morgan fingerprint density at radius 3 is 2.76 bits per heavy atom. The molecule has 4 aromatic heterocycles. The van der Waals surface area contributed by atoms with E-state index in [-0.39, 0.29) is 35.0 Å². The van der Waals surface area contributed by atoms with Gasteiger partial charge >= 0.3 is 11.6 Å². The zero-order valence-corrected chi connectivity index (χ0v) is 17.1. The Balaban J connectivity index is 1.50. The van der Waals surface area contributed by atoms with Crippen LogP contribution in [0.15, 0.2) is 52.6 Å². The first kappa shape index (κ1) is 21.6. The average Bonchev–Trinajstić information content (AvgIpc) is 3.37. The van der Waals surface area contributed by atoms with E-state index in [9.17, 15) is 27.2 Å². The van der Waals surface area contributed by atoms with Crippen molar-refractivity contribution in [2.75, 3.05) is 18.0 Å². The molecule has 1 saturated heterocycles. The third-order valence-corrected chi connectivity index (χ3v) is 5.31. The summed E-state index contributed by atoms with van der Waals surface area (Å²) in [5.41, 5.74) is -1.20. The van der Waals surface area contributed by atoms with Crippen molar-refractivity contribution in [1.82, 2.24) is 29.5 Å². The number of H-pyrrole nitrogens is 2. The number of imidazole rings is 1. The van der Waals surface area contributed by atoms with Gasteiger partial charge in [-0.2, -0.15) is 5.10 Å². The number of ether oxygens (including phenoxy) is 1. The molecule has 14 heteroatoms. The summed E-state index contributed by atoms with van der Waals surface area (Å²) in [6.45, 7) is -1.08. The second-order valence-electron chi connectivity index (χ2n) is 7.57. The van der Waals surface area contributed by atoms with Crippen LogP contribution in [-0.2, 0) is 0 Å². The minimum absolute atomic E-state index is 0.0169. The van der Waals surface area contributed by atoms with Crippen molar-refractivity contribution in [3.63, 3.8) is 0 Å². The quantitative estimate of drug-likeness (QED) is 0.422. The maximum atomic E-state index is 14.9. The second-order valence-corrected chi connectivity index (χ2v) is 7.57. The van der Waals surface area contributed by atoms with Crippen LogP contribution in [0, 0.1) is 0 Å². The predicted molar refractivity (Wildman–Crippen MR) is 110 cm³/mol. The number of halogens is 4. The summed E-state index contributed by atoms with van der Waals surface area (Å²) in [6.07, 6.45) is 0.634. The van der Waals surface area contributed by atoms with E-state index in [2.05, 4.69) is 25.0 Å². The first-order valence-electron chi connectivity index (χ1n) is 9.91. The van der Waals surface area contributed by atoms with Crippen LogP contribution in [-0.4, -0.2) is 54.7 Å². The van der Waals surface area contributed by atoms with E-state index in [1.165, 1.54) is 34.1 Å². The van der Waals surface area contributed by atoms with Crippen LogP contribution in [0.2, 0.25) is 0 Å². The summed E-state index contributed by atoms with van der Waals surface area (Å²) < 4.78 is 62.2. The smallest absolute Gasteiger partial charge is 0.325 e. The second kappa shape index (κ2) is 7.97. The van der Waals surface area contributed by atoms with Gasteiger partial charge in [0.15, 0.2) is 11.8 Å². The lowest BCUT2D eigenvalue weighted by molar-refractivity contribution is -0.0609. The molecule has 5 heterocycles. The van der Waals surface area contributed by atoms with Gasteiger partial charge in [0, 0.05) is 36.4 Å². The van der Waals surface area contributed by atoms with Gasteiger partial charge < -0.3 is 14.6 Å². The topological polar surface area (TPSA) is 121 Å². The molecule has 4 aromatic rings. The molecule has 0 aromatic carbocycles. The van der Waals surface area contributed by atoms with Gasteiger partial charge in [0.2, 0.25) is 5.88 Å². The minimum atomic E-state index is -3.36. The predicted octanol–water partition coefficient (Wildman–Crippen LogP) is 2.01. The summed E-state index contributed by atoms with van der Waals surface area (Å²) in [5, 5.41) is 4.26. The van der Waals surface area contributed by atoms with Gasteiger partial charge in [-0.25, -0.2) is 36.8 Å². The molecule has 1 atom stereocenters. The number of anilines is 1. The molecule has 0 amide bonds. The molecular weight excluding hydrogens is 462 g/mol. The highest BCUT2D eigenvalue weighted by atomic mass is 19.3. The van der Waals surface area contributed by atoms with Crippen molar-refractivity contribution in [3.05, 3.63) is 69.4 Å². The van der Waals surface area contributed by atoms with Crippen molar-refractivity contribution in [2.45, 2.75) is 18.5 Å². The van der Waals surface area contributed by atoms with Crippen molar-refractivity contribution in [1.29, 1.82) is 0 Å². The van der Waals surface area contributed by atoms with E-state index in [0.29, 0.717) is 0 Å². The van der Waals surface area contributed by atoms with E-state index in [1.807, 2.05) is 0 Å². The van der Waals surface area contributed by atoms with Crippen LogP contribution >= 0.6 is 0 Å². The molecule has 0 spiro atoms. The molecule has 10 nitrogen and oxygen atoms in total. The van der Waals surface area contributed by atoms with Crippen LogP contribution in [0.4, 0.5) is 23.2 Å². The minimum Gasteiger partial charge on any atom is -0.466 e. The van der Waals surface area contributed by atoms with Crippen LogP contribution < -0.4 is 20.9 Å². The number of pyridine rings is 1. The van der Waals surface area contributed by atoms with E-state index in [4.69, 9.17) is 4.74 Å². The third-order valence-electron chi connectivity index (χ3n) is 5.31. The number of aromatic amines is 2. The summed E-state index contributed by atoms with van der Waals surface area (Å²) in [7, 11) is 0. The van der Waals surface area contributed by atoms with Crippen LogP contribution in [0.3, 0.4) is 0 Å². The van der Waals surface area contributed by atoms with Gasteiger partial charge in [-0.1, -0.05) is 0 Å². The fourth-order valence-electron chi connectivity index (χ4n) is 3.70. The van der Waals surface area contributed by atoms with Crippen molar-refractivity contribution in [3.8, 4) is 17.1 Å². The van der Waals surface area contributed by atoms with Gasteiger partial charge in [-0.05, 0) is 12.1 Å². The van der Waals surface area contributed by atoms with Gasteiger partial charge in [0.1, 0.15) is 5.69 Å². The lowest BCUT2D eigenvalue weighted by atomic mass is 10.2. The SMILES string of the molecule is O=c1[nH]cc(-c2cc(N3CC(Oc4cc(C(F)F)ccn4)C(F)(F)C3)c3nccn3n2)c(=O)[nH]1. The number of nitrogens with zero attached hydrogens (tertiary/aromatic N) is 5. The summed E-state index contributed by atoms with van der Waals surface area (Å²) in [4.78, 5) is 37.2. The van der Waals surface area contributed by atoms with E-state index in [0.717, 1.165) is 18.3 Å². The zero-order chi connectivity index (χ0) is 24.0. The highest BCUT2D eigenvalue weighted by Gasteiger charge is 2.51. The van der Waals surface area contributed by atoms with Crippen LogP contribution in [0.1, 0.15) is 12.0 Å². The molecule has 1 fully saturated rings. The standard InChI is InChI=1S/C20H15F4N7O3/c21-16(22)10-1-2-25-15(5-10)34-14-8-30(9-20(14,23)24)13-6-12(29-31-4-3-26-17(13)31)11-7-27-19(33)28-18(11)32/h1-7,14,16H,8-9H2,(H2,27,28,32,33). The molecule has 0 bridgehead atoms. The van der Waals surface area contributed by atoms with Gasteiger partial charge in [0.25, 0.3) is 12.0 Å². The molecule has 0 aliphatic carbocycles. The molecule has 0 radical (unpaired) electrons. The Morgan fingerprint density at radius 1 is 1.18 bits per heavy atom. The van der Waals surface area contributed by atoms with Crippen molar-refractivity contribution < 1.29 is 22.3 Å². The Morgan fingerprint density at radius 2 is 2.00 bits per heavy atom. The molecule has 1 aliphatic rings. The van der Waals surface area contributed by atoms with E-state index < -0.39 is 41.8 Å². The lowest BCUT2D eigenvalue weighted by Gasteiger charge is -2.19. The number of hydrogen-bond acceptors (Lipinski definition) is 7. The number of fused-ring (bicyclic) bond motifs is 1. The average molecular weight is 477 g/mol. The largest absolute Gasteiger partial charge is 0.466 e. The van der Waals surface area contributed by atoms with E-state index >= 15 is 0 Å². The van der Waals surface area contributed by atoms with Crippen LogP contribution in [0.5, 0.6) is 5.88 Å². The highest BCUT2D eigenvalue weighted by Crippen LogP contribution is 2.36. The zero-order valence-electron chi connectivity index (χ0n) is 17.1. The van der Waals surface area contributed by atoms with E-state index in [1.54, 1.807) is 0 Å². The highest BCUT2D eigenvalue weighted by molar-refractivity contribution is 5.74. The number of alkyl halides is 4.